The van der Waals surface area contributed by atoms with E-state index in [1.54, 1.807) is 6.07 Å². The number of halogens is 2. The molecule has 0 spiro atoms. The Morgan fingerprint density at radius 2 is 1.72 bits per heavy atom. The number of hydrogen-bond acceptors (Lipinski definition) is 0. The lowest BCUT2D eigenvalue weighted by Crippen LogP contribution is -2.31. The van der Waals surface area contributed by atoms with Crippen molar-refractivity contribution in [2.75, 3.05) is 0 Å². The van der Waals surface area contributed by atoms with Crippen molar-refractivity contribution in [1.82, 2.24) is 0 Å². The Labute approximate surface area is 176 Å². The van der Waals surface area contributed by atoms with E-state index in [2.05, 4.69) is 13.8 Å². The van der Waals surface area contributed by atoms with E-state index < -0.39 is 0 Å². The van der Waals surface area contributed by atoms with Crippen LogP contribution >= 0.6 is 0 Å². The average Bonchev–Trinajstić information content (AvgIpc) is 2.71. The summed E-state index contributed by atoms with van der Waals surface area (Å²) in [5.74, 6) is 2.60. The van der Waals surface area contributed by atoms with E-state index in [-0.39, 0.29) is 17.6 Å². The molecule has 0 bridgehead atoms. The molecule has 4 rings (SSSR count). The van der Waals surface area contributed by atoms with Crippen molar-refractivity contribution >= 4 is 0 Å². The Hall–Kier alpha value is -0.920. The van der Waals surface area contributed by atoms with Crippen molar-refractivity contribution in [3.05, 3.63) is 34.4 Å². The van der Waals surface area contributed by atoms with Gasteiger partial charge in [0.05, 0.1) is 0 Å². The highest BCUT2D eigenvalue weighted by molar-refractivity contribution is 5.39. The van der Waals surface area contributed by atoms with Gasteiger partial charge in [-0.15, -0.1) is 0 Å². The van der Waals surface area contributed by atoms with Crippen molar-refractivity contribution < 1.29 is 8.78 Å². The second-order valence-electron chi connectivity index (χ2n) is 10.6. The lowest BCUT2D eigenvalue weighted by atomic mass is 9.63. The number of unbranched alkanes of at least 4 members (excludes halogenated alkanes) is 3. The molecule has 0 aromatic heterocycles. The van der Waals surface area contributed by atoms with Gasteiger partial charge in [-0.3, -0.25) is 0 Å². The van der Waals surface area contributed by atoms with E-state index in [9.17, 15) is 4.39 Å². The van der Waals surface area contributed by atoms with Crippen LogP contribution in [0.1, 0.15) is 114 Å². The zero-order valence-corrected chi connectivity index (χ0v) is 18.6. The third-order valence-corrected chi connectivity index (χ3v) is 8.50. The molecule has 2 heteroatoms. The van der Waals surface area contributed by atoms with Gasteiger partial charge in [0.15, 0.2) is 0 Å². The van der Waals surface area contributed by atoms with Gasteiger partial charge in [0.2, 0.25) is 0 Å². The van der Waals surface area contributed by atoms with Gasteiger partial charge in [-0.1, -0.05) is 52.4 Å². The molecule has 0 nitrogen and oxygen atoms in total. The molecule has 2 fully saturated rings. The van der Waals surface area contributed by atoms with E-state index in [4.69, 9.17) is 0 Å². The highest BCUT2D eigenvalue weighted by atomic mass is 19.1. The fraction of sp³-hybridized carbons (Fsp3) is 0.778. The SMILES string of the molecule is CCCCCCC1CCC2CC(c3c(F)cc4c(c3F)CCC(C)C4)CCC2C1. The molecule has 0 N–H and O–H groups in total. The summed E-state index contributed by atoms with van der Waals surface area (Å²) in [4.78, 5) is 0. The normalized spacial score (nSPS) is 31.9. The third-order valence-electron chi connectivity index (χ3n) is 8.50. The van der Waals surface area contributed by atoms with Gasteiger partial charge in [0.25, 0.3) is 0 Å². The summed E-state index contributed by atoms with van der Waals surface area (Å²) in [5, 5.41) is 0. The van der Waals surface area contributed by atoms with Crippen LogP contribution in [0.25, 0.3) is 0 Å². The minimum atomic E-state index is -0.261. The average molecular weight is 403 g/mol. The maximum absolute atomic E-state index is 15.4. The largest absolute Gasteiger partial charge is 0.207 e. The molecule has 0 aliphatic heterocycles. The summed E-state index contributed by atoms with van der Waals surface area (Å²) in [6.07, 6.45) is 16.7. The van der Waals surface area contributed by atoms with Crippen LogP contribution in [0.15, 0.2) is 6.07 Å². The quantitative estimate of drug-likeness (QED) is 0.419. The molecule has 2 saturated carbocycles. The van der Waals surface area contributed by atoms with E-state index in [1.165, 1.54) is 57.8 Å². The van der Waals surface area contributed by atoms with Crippen LogP contribution in [0.4, 0.5) is 8.78 Å². The minimum absolute atomic E-state index is 0.0991. The highest BCUT2D eigenvalue weighted by Crippen LogP contribution is 2.49. The van der Waals surface area contributed by atoms with Gasteiger partial charge in [0, 0.05) is 5.56 Å². The number of hydrogen-bond donors (Lipinski definition) is 0. The van der Waals surface area contributed by atoms with Gasteiger partial charge >= 0.3 is 0 Å². The van der Waals surface area contributed by atoms with Crippen molar-refractivity contribution in [2.24, 2.45) is 23.7 Å². The van der Waals surface area contributed by atoms with E-state index in [0.29, 0.717) is 17.4 Å². The van der Waals surface area contributed by atoms with Crippen LogP contribution < -0.4 is 0 Å². The Balaban J connectivity index is 1.40. The Morgan fingerprint density at radius 1 is 0.931 bits per heavy atom. The van der Waals surface area contributed by atoms with E-state index in [1.807, 2.05) is 0 Å². The van der Waals surface area contributed by atoms with Crippen molar-refractivity contribution in [3.63, 3.8) is 0 Å². The van der Waals surface area contributed by atoms with E-state index in [0.717, 1.165) is 55.1 Å². The highest BCUT2D eigenvalue weighted by Gasteiger charge is 2.38. The van der Waals surface area contributed by atoms with Gasteiger partial charge in [0.1, 0.15) is 11.6 Å². The van der Waals surface area contributed by atoms with Crippen molar-refractivity contribution in [1.29, 1.82) is 0 Å². The zero-order chi connectivity index (χ0) is 20.4. The van der Waals surface area contributed by atoms with E-state index >= 15 is 4.39 Å². The van der Waals surface area contributed by atoms with Crippen LogP contribution in [0.5, 0.6) is 0 Å². The molecule has 1 aromatic carbocycles. The molecule has 0 amide bonds. The maximum atomic E-state index is 15.4. The molecule has 3 aliphatic carbocycles. The van der Waals surface area contributed by atoms with Crippen molar-refractivity contribution in [3.8, 4) is 0 Å². The summed E-state index contributed by atoms with van der Waals surface area (Å²) in [5.41, 5.74) is 2.20. The first-order valence-electron chi connectivity index (χ1n) is 12.6. The van der Waals surface area contributed by atoms with Gasteiger partial charge in [-0.25, -0.2) is 8.78 Å². The standard InChI is InChI=1S/C27H40F2/c1-3-4-5-6-7-19-9-10-21-16-22(12-11-20(21)15-19)26-25(28)17-23-14-18(2)8-13-24(23)27(26)29/h17-22H,3-16H2,1-2H3. The summed E-state index contributed by atoms with van der Waals surface area (Å²) in [6, 6.07) is 1.68. The molecule has 1 aromatic rings. The molecule has 0 saturated heterocycles. The van der Waals surface area contributed by atoms with Crippen LogP contribution in [0.2, 0.25) is 0 Å². The van der Waals surface area contributed by atoms with Gasteiger partial charge in [-0.2, -0.15) is 0 Å². The minimum Gasteiger partial charge on any atom is -0.207 e. The molecule has 0 radical (unpaired) electrons. The summed E-state index contributed by atoms with van der Waals surface area (Å²) >= 11 is 0. The molecular weight excluding hydrogens is 362 g/mol. The first-order chi connectivity index (χ1) is 14.1. The lowest BCUT2D eigenvalue weighted by Gasteiger charge is -2.42. The molecule has 5 atom stereocenters. The fourth-order valence-corrected chi connectivity index (χ4v) is 6.79. The smallest absolute Gasteiger partial charge is 0.133 e. The van der Waals surface area contributed by atoms with Crippen LogP contribution in [0.3, 0.4) is 0 Å². The van der Waals surface area contributed by atoms with Gasteiger partial charge < -0.3 is 0 Å². The van der Waals surface area contributed by atoms with Crippen LogP contribution in [-0.4, -0.2) is 0 Å². The number of benzene rings is 1. The first kappa shape index (κ1) is 21.3. The summed E-state index contributed by atoms with van der Waals surface area (Å²) in [7, 11) is 0. The molecular formula is C27H40F2. The topological polar surface area (TPSA) is 0 Å². The van der Waals surface area contributed by atoms with Crippen molar-refractivity contribution in [2.45, 2.75) is 110 Å². The lowest BCUT2D eigenvalue weighted by molar-refractivity contribution is 0.111. The zero-order valence-electron chi connectivity index (χ0n) is 18.6. The van der Waals surface area contributed by atoms with Crippen LogP contribution in [-0.2, 0) is 12.8 Å². The molecule has 3 aliphatic rings. The summed E-state index contributed by atoms with van der Waals surface area (Å²) < 4.78 is 30.4. The van der Waals surface area contributed by atoms with Crippen LogP contribution in [0, 0.1) is 35.3 Å². The fourth-order valence-electron chi connectivity index (χ4n) is 6.79. The predicted octanol–water partition coefficient (Wildman–Crippen LogP) is 8.36. The third kappa shape index (κ3) is 4.72. The monoisotopic (exact) mass is 402 g/mol. The molecule has 5 unspecified atom stereocenters. The number of rotatable bonds is 6. The molecule has 29 heavy (non-hydrogen) atoms. The number of fused-ring (bicyclic) bond motifs is 2. The Morgan fingerprint density at radius 3 is 2.55 bits per heavy atom. The first-order valence-corrected chi connectivity index (χ1v) is 12.6. The molecule has 0 heterocycles. The molecule has 162 valence electrons. The van der Waals surface area contributed by atoms with Gasteiger partial charge in [-0.05, 0) is 98.1 Å². The second-order valence-corrected chi connectivity index (χ2v) is 10.6. The second kappa shape index (κ2) is 9.48. The summed E-state index contributed by atoms with van der Waals surface area (Å²) in [6.45, 7) is 4.46. The Kier molecular flexibility index (Phi) is 6.97. The predicted molar refractivity (Wildman–Crippen MR) is 117 cm³/mol. The Bertz CT molecular complexity index is 694. The maximum Gasteiger partial charge on any atom is 0.133 e.